The van der Waals surface area contributed by atoms with Crippen LogP contribution in [0.15, 0.2) is 42.7 Å². The summed E-state index contributed by atoms with van der Waals surface area (Å²) >= 11 is 5.57. The lowest BCUT2D eigenvalue weighted by Crippen LogP contribution is -1.77. The summed E-state index contributed by atoms with van der Waals surface area (Å²) in [7, 11) is 0. The highest BCUT2D eigenvalue weighted by atomic mass is 35.5. The number of rotatable bonds is 2. The van der Waals surface area contributed by atoms with Crippen LogP contribution in [0.5, 0.6) is 0 Å². The lowest BCUT2D eigenvalue weighted by Gasteiger charge is -1.97. The molecule has 0 saturated carbocycles. The zero-order valence-corrected chi connectivity index (χ0v) is 8.41. The van der Waals surface area contributed by atoms with E-state index in [-0.39, 0.29) is 0 Å². The second-order valence-electron chi connectivity index (χ2n) is 3.04. The van der Waals surface area contributed by atoms with Crippen LogP contribution in [0.2, 0.25) is 0 Å². The minimum absolute atomic E-state index is 0.550. The number of halogens is 1. The van der Waals surface area contributed by atoms with Gasteiger partial charge in [-0.1, -0.05) is 24.3 Å². The van der Waals surface area contributed by atoms with E-state index >= 15 is 0 Å². The van der Waals surface area contributed by atoms with Gasteiger partial charge < -0.3 is 0 Å². The van der Waals surface area contributed by atoms with Gasteiger partial charge in [-0.25, -0.2) is 0 Å². The van der Waals surface area contributed by atoms with Gasteiger partial charge in [0.25, 0.3) is 0 Å². The van der Waals surface area contributed by atoms with Crippen molar-refractivity contribution in [2.24, 2.45) is 0 Å². The number of allylic oxidation sites excluding steroid dienone is 1. The Morgan fingerprint density at radius 2 is 2.14 bits per heavy atom. The van der Waals surface area contributed by atoms with Crippen molar-refractivity contribution in [2.75, 3.05) is 5.88 Å². The third-order valence-electron chi connectivity index (χ3n) is 2.06. The molecule has 0 aliphatic heterocycles. The average Bonchev–Trinajstić information content (AvgIpc) is 2.26. The van der Waals surface area contributed by atoms with Crippen molar-refractivity contribution in [3.63, 3.8) is 0 Å². The molecule has 0 amide bonds. The van der Waals surface area contributed by atoms with Gasteiger partial charge in [0.1, 0.15) is 0 Å². The topological polar surface area (TPSA) is 12.9 Å². The molecule has 0 N–H and O–H groups in total. The number of benzene rings is 1. The molecule has 0 bridgehead atoms. The molecule has 1 heterocycles. The van der Waals surface area contributed by atoms with E-state index < -0.39 is 0 Å². The minimum Gasteiger partial charge on any atom is -0.264 e. The van der Waals surface area contributed by atoms with Crippen molar-refractivity contribution in [3.8, 4) is 0 Å². The highest BCUT2D eigenvalue weighted by Gasteiger charge is 1.92. The molecule has 2 rings (SSSR count). The van der Waals surface area contributed by atoms with Crippen molar-refractivity contribution >= 4 is 28.4 Å². The summed E-state index contributed by atoms with van der Waals surface area (Å²) in [4.78, 5) is 4.07. The Labute approximate surface area is 88.0 Å². The van der Waals surface area contributed by atoms with Crippen LogP contribution in [-0.4, -0.2) is 10.9 Å². The largest absolute Gasteiger partial charge is 0.264 e. The molecule has 14 heavy (non-hydrogen) atoms. The van der Waals surface area contributed by atoms with Crippen LogP contribution in [0.25, 0.3) is 16.8 Å². The molecule has 70 valence electrons. The van der Waals surface area contributed by atoms with Gasteiger partial charge in [0, 0.05) is 23.7 Å². The summed E-state index contributed by atoms with van der Waals surface area (Å²) in [5.74, 6) is 0.550. The lowest BCUT2D eigenvalue weighted by molar-refractivity contribution is 1.36. The summed E-state index contributed by atoms with van der Waals surface area (Å²) in [5.41, 5.74) is 1.17. The van der Waals surface area contributed by atoms with Crippen LogP contribution in [0.4, 0.5) is 0 Å². The van der Waals surface area contributed by atoms with Crippen LogP contribution < -0.4 is 0 Å². The number of fused-ring (bicyclic) bond motifs is 1. The normalized spacial score (nSPS) is 11.2. The molecule has 2 heteroatoms. The standard InChI is InChI=1S/C12H10ClN/c13-6-1-2-10-3-4-12-9-14-7-5-11(12)8-10/h1-5,7-9H,6H2. The van der Waals surface area contributed by atoms with Crippen LogP contribution in [0.3, 0.4) is 0 Å². The van der Waals surface area contributed by atoms with Crippen molar-refractivity contribution in [1.29, 1.82) is 0 Å². The maximum atomic E-state index is 5.57. The first-order chi connectivity index (χ1) is 6.90. The fourth-order valence-corrected chi connectivity index (χ4v) is 1.48. The zero-order chi connectivity index (χ0) is 9.80. The number of hydrogen-bond donors (Lipinski definition) is 0. The molecule has 0 fully saturated rings. The molecule has 0 atom stereocenters. The SMILES string of the molecule is ClCC=Cc1ccc2cnccc2c1. The molecular weight excluding hydrogens is 194 g/mol. The molecule has 0 radical (unpaired) electrons. The highest BCUT2D eigenvalue weighted by molar-refractivity contribution is 6.19. The van der Waals surface area contributed by atoms with Crippen LogP contribution in [0, 0.1) is 0 Å². The van der Waals surface area contributed by atoms with Gasteiger partial charge >= 0.3 is 0 Å². The summed E-state index contributed by atoms with van der Waals surface area (Å²) < 4.78 is 0. The average molecular weight is 204 g/mol. The van der Waals surface area contributed by atoms with E-state index in [0.29, 0.717) is 5.88 Å². The van der Waals surface area contributed by atoms with Crippen molar-refractivity contribution in [3.05, 3.63) is 48.3 Å². The van der Waals surface area contributed by atoms with E-state index in [1.165, 1.54) is 10.9 Å². The van der Waals surface area contributed by atoms with Gasteiger partial charge in [0.2, 0.25) is 0 Å². The smallest absolute Gasteiger partial charge is 0.0407 e. The Hall–Kier alpha value is -1.34. The first-order valence-electron chi connectivity index (χ1n) is 4.46. The fourth-order valence-electron chi connectivity index (χ4n) is 1.39. The second kappa shape index (κ2) is 4.25. The Morgan fingerprint density at radius 1 is 1.21 bits per heavy atom. The Bertz CT molecular complexity index is 463. The van der Waals surface area contributed by atoms with Gasteiger partial charge in [0.05, 0.1) is 0 Å². The molecule has 0 spiro atoms. The second-order valence-corrected chi connectivity index (χ2v) is 3.35. The zero-order valence-electron chi connectivity index (χ0n) is 7.65. The molecule has 1 aromatic carbocycles. The number of alkyl halides is 1. The van der Waals surface area contributed by atoms with Crippen molar-refractivity contribution < 1.29 is 0 Å². The van der Waals surface area contributed by atoms with Crippen molar-refractivity contribution in [2.45, 2.75) is 0 Å². The first-order valence-corrected chi connectivity index (χ1v) is 5.00. The van der Waals surface area contributed by atoms with Crippen LogP contribution in [-0.2, 0) is 0 Å². The molecular formula is C12H10ClN. The van der Waals surface area contributed by atoms with Crippen molar-refractivity contribution in [1.82, 2.24) is 4.98 Å². The number of pyridine rings is 1. The molecule has 0 aliphatic rings. The molecule has 0 aliphatic carbocycles. The maximum Gasteiger partial charge on any atom is 0.0407 e. The first kappa shape index (κ1) is 9.22. The minimum atomic E-state index is 0.550. The summed E-state index contributed by atoms with van der Waals surface area (Å²) in [6, 6.07) is 8.26. The van der Waals surface area contributed by atoms with E-state index in [1.807, 2.05) is 24.4 Å². The molecule has 2 aromatic rings. The molecule has 0 unspecified atom stereocenters. The highest BCUT2D eigenvalue weighted by Crippen LogP contribution is 2.15. The molecule has 1 aromatic heterocycles. The Kier molecular flexibility index (Phi) is 2.80. The fraction of sp³-hybridized carbons (Fsp3) is 0.0833. The van der Waals surface area contributed by atoms with E-state index in [9.17, 15) is 0 Å². The number of nitrogens with zero attached hydrogens (tertiary/aromatic N) is 1. The van der Waals surface area contributed by atoms with E-state index in [2.05, 4.69) is 23.2 Å². The van der Waals surface area contributed by atoms with E-state index in [0.717, 1.165) is 5.39 Å². The van der Waals surface area contributed by atoms with Gasteiger partial charge in [0.15, 0.2) is 0 Å². The number of aromatic nitrogens is 1. The summed E-state index contributed by atoms with van der Waals surface area (Å²) in [5, 5.41) is 2.37. The third-order valence-corrected chi connectivity index (χ3v) is 2.24. The summed E-state index contributed by atoms with van der Waals surface area (Å²) in [6.07, 6.45) is 7.62. The predicted molar refractivity (Wildman–Crippen MR) is 61.5 cm³/mol. The van der Waals surface area contributed by atoms with Gasteiger partial charge in [-0.15, -0.1) is 11.6 Å². The lowest BCUT2D eigenvalue weighted by atomic mass is 10.1. The van der Waals surface area contributed by atoms with Gasteiger partial charge in [-0.2, -0.15) is 0 Å². The molecule has 1 nitrogen and oxygen atoms in total. The number of hydrogen-bond acceptors (Lipinski definition) is 1. The van der Waals surface area contributed by atoms with Gasteiger partial charge in [-0.3, -0.25) is 4.98 Å². The predicted octanol–water partition coefficient (Wildman–Crippen LogP) is 3.49. The van der Waals surface area contributed by atoms with Crippen LogP contribution >= 0.6 is 11.6 Å². The Balaban J connectivity index is 2.46. The maximum absolute atomic E-state index is 5.57. The van der Waals surface area contributed by atoms with E-state index in [4.69, 9.17) is 11.6 Å². The monoisotopic (exact) mass is 203 g/mol. The van der Waals surface area contributed by atoms with Crippen LogP contribution in [0.1, 0.15) is 5.56 Å². The molecule has 0 saturated heterocycles. The van der Waals surface area contributed by atoms with Gasteiger partial charge in [-0.05, 0) is 23.1 Å². The quantitative estimate of drug-likeness (QED) is 0.681. The Morgan fingerprint density at radius 3 is 3.00 bits per heavy atom. The summed E-state index contributed by atoms with van der Waals surface area (Å²) in [6.45, 7) is 0. The third kappa shape index (κ3) is 1.94. The van der Waals surface area contributed by atoms with E-state index in [1.54, 1.807) is 6.20 Å².